The Balaban J connectivity index is 2.30. The van der Waals surface area contributed by atoms with Crippen LogP contribution in [0.3, 0.4) is 0 Å². The maximum atomic E-state index is 11.7. The second-order valence-corrected chi connectivity index (χ2v) is 4.19. The number of unbranched alkanes of at least 4 members (excludes halogenated alkanes) is 1. The van der Waals surface area contributed by atoms with E-state index in [1.54, 1.807) is 0 Å². The van der Waals surface area contributed by atoms with E-state index in [2.05, 4.69) is 19.2 Å². The zero-order valence-corrected chi connectivity index (χ0v) is 9.67. The van der Waals surface area contributed by atoms with E-state index in [0.29, 0.717) is 11.8 Å². The Labute approximate surface area is 92.7 Å². The van der Waals surface area contributed by atoms with Crippen LogP contribution in [0.15, 0.2) is 18.4 Å². The van der Waals surface area contributed by atoms with E-state index in [-0.39, 0.29) is 0 Å². The summed E-state index contributed by atoms with van der Waals surface area (Å²) in [6.07, 6.45) is 7.01. The lowest BCUT2D eigenvalue weighted by atomic mass is 9.96. The third-order valence-electron chi connectivity index (χ3n) is 2.99. The molecular formula is C13H21NO. The second-order valence-electron chi connectivity index (χ2n) is 4.19. The molecule has 0 atom stereocenters. The molecule has 0 aromatic heterocycles. The van der Waals surface area contributed by atoms with Gasteiger partial charge in [-0.25, -0.2) is 0 Å². The van der Waals surface area contributed by atoms with Gasteiger partial charge in [0.05, 0.1) is 0 Å². The van der Waals surface area contributed by atoms with Gasteiger partial charge in [0.2, 0.25) is 5.91 Å². The van der Waals surface area contributed by atoms with Crippen LogP contribution >= 0.6 is 0 Å². The fraction of sp³-hybridized carbons (Fsp3) is 0.692. The number of hydrogen-bond acceptors (Lipinski definition) is 1. The molecule has 0 N–H and O–H groups in total. The molecule has 1 heterocycles. The topological polar surface area (TPSA) is 20.3 Å². The Morgan fingerprint density at radius 1 is 1.53 bits per heavy atom. The highest BCUT2D eigenvalue weighted by Crippen LogP contribution is 2.18. The molecule has 0 spiro atoms. The molecule has 1 fully saturated rings. The lowest BCUT2D eigenvalue weighted by Gasteiger charge is -2.30. The van der Waals surface area contributed by atoms with Gasteiger partial charge in [-0.3, -0.25) is 4.79 Å². The molecule has 0 aromatic rings. The molecule has 0 radical (unpaired) electrons. The van der Waals surface area contributed by atoms with Crippen LogP contribution in [0, 0.1) is 5.92 Å². The van der Waals surface area contributed by atoms with Crippen LogP contribution in [-0.4, -0.2) is 23.9 Å². The van der Waals surface area contributed by atoms with Crippen LogP contribution in [0.4, 0.5) is 0 Å². The third kappa shape index (κ3) is 3.93. The van der Waals surface area contributed by atoms with Crippen molar-refractivity contribution in [2.45, 2.75) is 39.0 Å². The number of allylic oxidation sites excluding steroid dienone is 1. The first-order valence-corrected chi connectivity index (χ1v) is 5.91. The molecule has 0 aromatic carbocycles. The number of amides is 1. The zero-order chi connectivity index (χ0) is 11.1. The quantitative estimate of drug-likeness (QED) is 0.649. The molecule has 84 valence electrons. The van der Waals surface area contributed by atoms with Gasteiger partial charge in [-0.1, -0.05) is 19.9 Å². The Hall–Kier alpha value is -1.01. The number of likely N-dealkylation sites (tertiary alicyclic amines) is 1. The van der Waals surface area contributed by atoms with Crippen LogP contribution in [-0.2, 0) is 4.79 Å². The van der Waals surface area contributed by atoms with Crippen molar-refractivity contribution in [3.05, 3.63) is 18.4 Å². The summed E-state index contributed by atoms with van der Waals surface area (Å²) in [5.74, 6) is 0.913. The molecule has 1 aliphatic heterocycles. The van der Waals surface area contributed by atoms with Crippen molar-refractivity contribution in [1.29, 1.82) is 0 Å². The van der Waals surface area contributed by atoms with Gasteiger partial charge in [-0.2, -0.15) is 0 Å². The van der Waals surface area contributed by atoms with Gasteiger partial charge in [0.1, 0.15) is 0 Å². The Bertz CT molecular complexity index is 245. The minimum atomic E-state index is 0.331. The van der Waals surface area contributed by atoms with Crippen LogP contribution < -0.4 is 0 Å². The maximum absolute atomic E-state index is 11.7. The predicted octanol–water partition coefficient (Wildman–Crippen LogP) is 2.76. The van der Waals surface area contributed by atoms with Crippen molar-refractivity contribution in [2.24, 2.45) is 5.92 Å². The standard InChI is InChI=1S/C13H21NO/c1-3-5-7-13(15)14-10-8-12(6-4-2)9-11-14/h6,12H,2-3,5,7-11H2,1H3. The summed E-state index contributed by atoms with van der Waals surface area (Å²) < 4.78 is 0. The molecule has 0 saturated carbocycles. The fourth-order valence-corrected chi connectivity index (χ4v) is 1.97. The van der Waals surface area contributed by atoms with Gasteiger partial charge >= 0.3 is 0 Å². The zero-order valence-electron chi connectivity index (χ0n) is 9.67. The minimum Gasteiger partial charge on any atom is -0.343 e. The highest BCUT2D eigenvalue weighted by molar-refractivity contribution is 5.76. The van der Waals surface area contributed by atoms with Crippen molar-refractivity contribution >= 4 is 5.91 Å². The monoisotopic (exact) mass is 207 g/mol. The molecule has 15 heavy (non-hydrogen) atoms. The van der Waals surface area contributed by atoms with E-state index < -0.39 is 0 Å². The van der Waals surface area contributed by atoms with Gasteiger partial charge < -0.3 is 4.90 Å². The normalized spacial score (nSPS) is 17.3. The van der Waals surface area contributed by atoms with Crippen molar-refractivity contribution in [3.8, 4) is 0 Å². The Morgan fingerprint density at radius 3 is 2.73 bits per heavy atom. The Morgan fingerprint density at radius 2 is 2.20 bits per heavy atom. The number of piperidine rings is 1. The lowest BCUT2D eigenvalue weighted by molar-refractivity contribution is -0.132. The van der Waals surface area contributed by atoms with Gasteiger partial charge in [-0.15, -0.1) is 5.73 Å². The molecule has 1 rings (SSSR count). The van der Waals surface area contributed by atoms with E-state index in [9.17, 15) is 4.79 Å². The Kier molecular flexibility index (Phi) is 5.20. The average molecular weight is 207 g/mol. The third-order valence-corrected chi connectivity index (χ3v) is 2.99. The van der Waals surface area contributed by atoms with Gasteiger partial charge in [0, 0.05) is 19.5 Å². The average Bonchev–Trinajstić information content (AvgIpc) is 2.27. The molecule has 2 nitrogen and oxygen atoms in total. The van der Waals surface area contributed by atoms with Crippen molar-refractivity contribution < 1.29 is 4.79 Å². The molecule has 1 saturated heterocycles. The SMILES string of the molecule is C=C=CC1CCN(C(=O)CCCC)CC1. The first-order valence-electron chi connectivity index (χ1n) is 5.91. The summed E-state index contributed by atoms with van der Waals surface area (Å²) in [6, 6.07) is 0. The van der Waals surface area contributed by atoms with E-state index in [1.165, 1.54) is 0 Å². The summed E-state index contributed by atoms with van der Waals surface area (Å²) in [7, 11) is 0. The van der Waals surface area contributed by atoms with Gasteiger partial charge in [-0.05, 0) is 31.3 Å². The molecule has 2 heteroatoms. The number of rotatable bonds is 4. The maximum Gasteiger partial charge on any atom is 0.222 e. The lowest BCUT2D eigenvalue weighted by Crippen LogP contribution is -2.37. The van der Waals surface area contributed by atoms with Crippen LogP contribution in [0.2, 0.25) is 0 Å². The van der Waals surface area contributed by atoms with E-state index >= 15 is 0 Å². The second kappa shape index (κ2) is 6.47. The van der Waals surface area contributed by atoms with Gasteiger partial charge in [0.25, 0.3) is 0 Å². The van der Waals surface area contributed by atoms with Crippen LogP contribution in [0.25, 0.3) is 0 Å². The number of nitrogens with zero attached hydrogens (tertiary/aromatic N) is 1. The highest BCUT2D eigenvalue weighted by Gasteiger charge is 2.20. The molecular weight excluding hydrogens is 186 g/mol. The van der Waals surface area contributed by atoms with Gasteiger partial charge in [0.15, 0.2) is 0 Å². The first-order chi connectivity index (χ1) is 7.27. The summed E-state index contributed by atoms with van der Waals surface area (Å²) in [6.45, 7) is 7.52. The molecule has 1 aliphatic rings. The van der Waals surface area contributed by atoms with Crippen molar-refractivity contribution in [2.75, 3.05) is 13.1 Å². The molecule has 0 unspecified atom stereocenters. The number of hydrogen-bond donors (Lipinski definition) is 0. The first kappa shape index (κ1) is 12.1. The molecule has 0 aliphatic carbocycles. The summed E-state index contributed by atoms with van der Waals surface area (Å²) in [5.41, 5.74) is 2.84. The minimum absolute atomic E-state index is 0.331. The molecule has 1 amide bonds. The fourth-order valence-electron chi connectivity index (χ4n) is 1.97. The van der Waals surface area contributed by atoms with Crippen molar-refractivity contribution in [1.82, 2.24) is 4.90 Å². The van der Waals surface area contributed by atoms with E-state index in [0.717, 1.165) is 45.2 Å². The highest BCUT2D eigenvalue weighted by atomic mass is 16.2. The summed E-state index contributed by atoms with van der Waals surface area (Å²) in [4.78, 5) is 13.7. The van der Waals surface area contributed by atoms with Crippen LogP contribution in [0.1, 0.15) is 39.0 Å². The van der Waals surface area contributed by atoms with Crippen LogP contribution in [0.5, 0.6) is 0 Å². The van der Waals surface area contributed by atoms with Crippen molar-refractivity contribution in [3.63, 3.8) is 0 Å². The summed E-state index contributed by atoms with van der Waals surface area (Å²) >= 11 is 0. The van der Waals surface area contributed by atoms with E-state index in [4.69, 9.17) is 0 Å². The number of carbonyl (C=O) groups is 1. The predicted molar refractivity (Wildman–Crippen MR) is 62.5 cm³/mol. The number of carbonyl (C=O) groups excluding carboxylic acids is 1. The van der Waals surface area contributed by atoms with E-state index in [1.807, 2.05) is 11.0 Å². The smallest absolute Gasteiger partial charge is 0.222 e. The largest absolute Gasteiger partial charge is 0.343 e. The molecule has 0 bridgehead atoms. The summed E-state index contributed by atoms with van der Waals surface area (Å²) in [5, 5.41) is 0.